The summed E-state index contributed by atoms with van der Waals surface area (Å²) in [5.41, 5.74) is 0.887. The number of thioether (sulfide) groups is 2. The standard InChI is InChI=1S/C15H22N2OS3/c1-11-9-21-14(16-11)15(4-2-3-5-15)17-13(18)8-12-10-19-6-7-20-12/h9,12H,2-8,10H2,1H3,(H,17,18)/t12-/m1/s1. The number of rotatable bonds is 4. The van der Waals surface area contributed by atoms with E-state index in [0.29, 0.717) is 11.7 Å². The Bertz CT molecular complexity index is 491. The van der Waals surface area contributed by atoms with Crippen molar-refractivity contribution in [3.05, 3.63) is 16.1 Å². The Hall–Kier alpha value is -0.200. The van der Waals surface area contributed by atoms with Crippen molar-refractivity contribution in [2.24, 2.45) is 0 Å². The molecule has 1 atom stereocenters. The molecule has 0 bridgehead atoms. The first kappa shape index (κ1) is 15.7. The van der Waals surface area contributed by atoms with E-state index in [1.165, 1.54) is 24.3 Å². The van der Waals surface area contributed by atoms with Crippen LogP contribution in [-0.4, -0.2) is 33.4 Å². The highest BCUT2D eigenvalue weighted by molar-refractivity contribution is 8.06. The summed E-state index contributed by atoms with van der Waals surface area (Å²) in [7, 11) is 0. The SMILES string of the molecule is Cc1csc(C2(NC(=O)C[C@@H]3CSCCS3)CCCC2)n1. The highest BCUT2D eigenvalue weighted by atomic mass is 32.2. The minimum absolute atomic E-state index is 0.178. The number of nitrogens with one attached hydrogen (secondary N) is 1. The van der Waals surface area contributed by atoms with Gasteiger partial charge < -0.3 is 5.32 Å². The quantitative estimate of drug-likeness (QED) is 0.908. The van der Waals surface area contributed by atoms with Crippen molar-refractivity contribution in [1.82, 2.24) is 10.3 Å². The molecule has 2 heterocycles. The van der Waals surface area contributed by atoms with Crippen LogP contribution in [0.15, 0.2) is 5.38 Å². The number of carbonyl (C=O) groups excluding carboxylic acids is 1. The van der Waals surface area contributed by atoms with E-state index >= 15 is 0 Å². The summed E-state index contributed by atoms with van der Waals surface area (Å²) in [6.45, 7) is 2.03. The zero-order valence-corrected chi connectivity index (χ0v) is 14.8. The molecule has 0 radical (unpaired) electrons. The summed E-state index contributed by atoms with van der Waals surface area (Å²) >= 11 is 5.63. The predicted octanol–water partition coefficient (Wildman–Crippen LogP) is 3.58. The van der Waals surface area contributed by atoms with Gasteiger partial charge >= 0.3 is 0 Å². The third-order valence-electron chi connectivity index (χ3n) is 4.16. The molecule has 1 N–H and O–H groups in total. The molecule has 21 heavy (non-hydrogen) atoms. The Kier molecular flexibility index (Phi) is 5.17. The molecule has 1 aromatic rings. The molecule has 1 aliphatic carbocycles. The van der Waals surface area contributed by atoms with Crippen LogP contribution in [0.2, 0.25) is 0 Å². The Labute approximate surface area is 139 Å². The lowest BCUT2D eigenvalue weighted by Crippen LogP contribution is -2.44. The molecule has 3 rings (SSSR count). The topological polar surface area (TPSA) is 42.0 Å². The van der Waals surface area contributed by atoms with Gasteiger partial charge in [0.05, 0.1) is 5.54 Å². The monoisotopic (exact) mass is 342 g/mol. The number of thiazole rings is 1. The van der Waals surface area contributed by atoms with Gasteiger partial charge in [0.25, 0.3) is 0 Å². The average Bonchev–Trinajstić information content (AvgIpc) is 3.10. The first-order valence-corrected chi connectivity index (χ1v) is 10.7. The summed E-state index contributed by atoms with van der Waals surface area (Å²) in [5, 5.41) is 7.04. The minimum Gasteiger partial charge on any atom is -0.344 e. The van der Waals surface area contributed by atoms with Crippen molar-refractivity contribution in [2.75, 3.05) is 17.3 Å². The number of aromatic nitrogens is 1. The van der Waals surface area contributed by atoms with Gasteiger partial charge in [-0.3, -0.25) is 4.79 Å². The molecular weight excluding hydrogens is 320 g/mol. The van der Waals surface area contributed by atoms with E-state index in [4.69, 9.17) is 0 Å². The van der Waals surface area contributed by atoms with Gasteiger partial charge in [-0.15, -0.1) is 11.3 Å². The first-order valence-electron chi connectivity index (χ1n) is 7.61. The molecule has 6 heteroatoms. The van der Waals surface area contributed by atoms with Crippen LogP contribution in [0.4, 0.5) is 0 Å². The van der Waals surface area contributed by atoms with Crippen LogP contribution in [0.3, 0.4) is 0 Å². The second-order valence-corrected chi connectivity index (χ2v) is 9.32. The lowest BCUT2D eigenvalue weighted by Gasteiger charge is -2.29. The van der Waals surface area contributed by atoms with Crippen LogP contribution in [0.1, 0.15) is 42.8 Å². The van der Waals surface area contributed by atoms with Gasteiger partial charge in [-0.05, 0) is 19.8 Å². The number of hydrogen-bond donors (Lipinski definition) is 1. The Morgan fingerprint density at radius 1 is 1.43 bits per heavy atom. The van der Waals surface area contributed by atoms with Crippen molar-refractivity contribution in [3.8, 4) is 0 Å². The van der Waals surface area contributed by atoms with Gasteiger partial charge in [0, 0.05) is 40.0 Å². The van der Waals surface area contributed by atoms with E-state index in [0.717, 1.165) is 29.3 Å². The molecule has 1 saturated carbocycles. The van der Waals surface area contributed by atoms with Crippen LogP contribution < -0.4 is 5.32 Å². The fourth-order valence-electron chi connectivity index (χ4n) is 3.12. The zero-order valence-electron chi connectivity index (χ0n) is 12.4. The molecule has 0 spiro atoms. The van der Waals surface area contributed by atoms with Crippen LogP contribution in [0, 0.1) is 6.92 Å². The molecule has 0 aromatic carbocycles. The van der Waals surface area contributed by atoms with Gasteiger partial charge in [-0.25, -0.2) is 4.98 Å². The summed E-state index contributed by atoms with van der Waals surface area (Å²) in [4.78, 5) is 17.2. The third kappa shape index (κ3) is 3.77. The van der Waals surface area contributed by atoms with Crippen molar-refractivity contribution >= 4 is 40.8 Å². The number of aryl methyl sites for hydroxylation is 1. The van der Waals surface area contributed by atoms with Gasteiger partial charge in [0.2, 0.25) is 5.91 Å². The fraction of sp³-hybridized carbons (Fsp3) is 0.733. The number of nitrogens with zero attached hydrogens (tertiary/aromatic N) is 1. The maximum Gasteiger partial charge on any atom is 0.221 e. The molecule has 3 nitrogen and oxygen atoms in total. The van der Waals surface area contributed by atoms with E-state index in [1.807, 2.05) is 30.4 Å². The zero-order chi connectivity index (χ0) is 14.7. The van der Waals surface area contributed by atoms with Gasteiger partial charge in [-0.1, -0.05) is 12.8 Å². The van der Waals surface area contributed by atoms with E-state index in [9.17, 15) is 4.79 Å². The first-order chi connectivity index (χ1) is 10.2. The maximum atomic E-state index is 12.5. The van der Waals surface area contributed by atoms with Crippen LogP contribution in [0.5, 0.6) is 0 Å². The van der Waals surface area contributed by atoms with Gasteiger partial charge in [0.1, 0.15) is 5.01 Å². The Morgan fingerprint density at radius 3 is 2.86 bits per heavy atom. The van der Waals surface area contributed by atoms with Crippen molar-refractivity contribution in [2.45, 2.75) is 49.8 Å². The smallest absolute Gasteiger partial charge is 0.221 e. The fourth-order valence-corrected chi connectivity index (χ4v) is 6.82. The second-order valence-electron chi connectivity index (χ2n) is 5.90. The summed E-state index contributed by atoms with van der Waals surface area (Å²) < 4.78 is 0. The number of hydrogen-bond acceptors (Lipinski definition) is 5. The van der Waals surface area contributed by atoms with Crippen molar-refractivity contribution in [3.63, 3.8) is 0 Å². The van der Waals surface area contributed by atoms with Gasteiger partial charge in [0.15, 0.2) is 0 Å². The van der Waals surface area contributed by atoms with Crippen LogP contribution in [0.25, 0.3) is 0 Å². The molecule has 0 unspecified atom stereocenters. The highest BCUT2D eigenvalue weighted by Crippen LogP contribution is 2.40. The van der Waals surface area contributed by atoms with E-state index < -0.39 is 0 Å². The molecule has 1 aromatic heterocycles. The van der Waals surface area contributed by atoms with Crippen molar-refractivity contribution in [1.29, 1.82) is 0 Å². The lowest BCUT2D eigenvalue weighted by atomic mass is 9.98. The average molecular weight is 343 g/mol. The summed E-state index contributed by atoms with van der Waals surface area (Å²) in [6.07, 6.45) is 5.11. The van der Waals surface area contributed by atoms with Crippen LogP contribution >= 0.6 is 34.9 Å². The maximum absolute atomic E-state index is 12.5. The highest BCUT2D eigenvalue weighted by Gasteiger charge is 2.39. The second kappa shape index (κ2) is 6.92. The van der Waals surface area contributed by atoms with Crippen LogP contribution in [-0.2, 0) is 10.3 Å². The Balaban J connectivity index is 1.66. The predicted molar refractivity (Wildman–Crippen MR) is 93.3 cm³/mol. The lowest BCUT2D eigenvalue weighted by molar-refractivity contribution is -0.123. The molecule has 2 fully saturated rings. The number of amides is 1. The van der Waals surface area contributed by atoms with E-state index in [-0.39, 0.29) is 11.4 Å². The third-order valence-corrected chi connectivity index (χ3v) is 8.17. The summed E-state index contributed by atoms with van der Waals surface area (Å²) in [6, 6.07) is 0. The molecule has 1 aliphatic heterocycles. The molecule has 116 valence electrons. The molecule has 2 aliphatic rings. The molecular formula is C15H22N2OS3. The minimum atomic E-state index is -0.178. The van der Waals surface area contributed by atoms with E-state index in [1.54, 1.807) is 11.3 Å². The Morgan fingerprint density at radius 2 is 2.24 bits per heavy atom. The normalized spacial score (nSPS) is 24.9. The molecule has 1 amide bonds. The largest absolute Gasteiger partial charge is 0.344 e. The summed E-state index contributed by atoms with van der Waals surface area (Å²) in [5.74, 6) is 3.73. The molecule has 1 saturated heterocycles. The number of carbonyl (C=O) groups is 1. The van der Waals surface area contributed by atoms with Gasteiger partial charge in [-0.2, -0.15) is 23.5 Å². The van der Waals surface area contributed by atoms with E-state index in [2.05, 4.69) is 15.7 Å². The van der Waals surface area contributed by atoms with Crippen molar-refractivity contribution < 1.29 is 4.79 Å².